The maximum atomic E-state index is 15.2. The summed E-state index contributed by atoms with van der Waals surface area (Å²) in [6, 6.07) is 8.18. The maximum Gasteiger partial charge on any atom is 0.253 e. The summed E-state index contributed by atoms with van der Waals surface area (Å²) in [5.41, 5.74) is 3.30. The van der Waals surface area contributed by atoms with E-state index in [1.54, 1.807) is 43.7 Å². The van der Waals surface area contributed by atoms with E-state index >= 15 is 8.78 Å². The van der Waals surface area contributed by atoms with Gasteiger partial charge >= 0.3 is 0 Å². The molecule has 0 radical (unpaired) electrons. The van der Waals surface area contributed by atoms with Gasteiger partial charge in [0.15, 0.2) is 11.6 Å². The molecule has 186 valence electrons. The number of nitrogens with one attached hydrogen (secondary N) is 1. The maximum absolute atomic E-state index is 15.2. The number of aliphatic hydroxyl groups is 1. The Morgan fingerprint density at radius 2 is 1.97 bits per heavy atom. The lowest BCUT2D eigenvalue weighted by Crippen LogP contribution is -2.45. The lowest BCUT2D eigenvalue weighted by molar-refractivity contribution is 0.0718. The van der Waals surface area contributed by atoms with E-state index in [1.807, 2.05) is 13.0 Å². The lowest BCUT2D eigenvalue weighted by Gasteiger charge is -2.28. The van der Waals surface area contributed by atoms with Crippen molar-refractivity contribution in [3.05, 3.63) is 82.8 Å². The van der Waals surface area contributed by atoms with Crippen molar-refractivity contribution in [2.75, 3.05) is 0 Å². The van der Waals surface area contributed by atoms with Crippen molar-refractivity contribution in [3.8, 4) is 11.1 Å². The number of carbonyl (C=O) groups is 1. The number of hydrogen-bond donors (Lipinski definition) is 2. The summed E-state index contributed by atoms with van der Waals surface area (Å²) < 4.78 is 31.7. The molecule has 1 aliphatic rings. The van der Waals surface area contributed by atoms with E-state index in [1.165, 1.54) is 10.9 Å². The summed E-state index contributed by atoms with van der Waals surface area (Å²) in [4.78, 5) is 17.7. The minimum Gasteiger partial charge on any atom is -0.391 e. The average molecular weight is 491 g/mol. The third kappa shape index (κ3) is 4.48. The molecule has 0 bridgehead atoms. The molecule has 2 aromatic heterocycles. The van der Waals surface area contributed by atoms with Crippen molar-refractivity contribution in [3.63, 3.8) is 0 Å². The molecule has 6 nitrogen and oxygen atoms in total. The number of carbonyl (C=O) groups excluding carboxylic acids is 1. The summed E-state index contributed by atoms with van der Waals surface area (Å²) in [7, 11) is 1.71. The Kier molecular flexibility index (Phi) is 6.53. The van der Waals surface area contributed by atoms with Gasteiger partial charge in [0.2, 0.25) is 0 Å². The summed E-state index contributed by atoms with van der Waals surface area (Å²) in [5.74, 6) is -2.17. The first-order valence-corrected chi connectivity index (χ1v) is 12.2. The molecule has 5 rings (SSSR count). The van der Waals surface area contributed by atoms with E-state index in [2.05, 4.69) is 15.4 Å². The smallest absolute Gasteiger partial charge is 0.253 e. The van der Waals surface area contributed by atoms with Gasteiger partial charge in [-0.25, -0.2) is 8.78 Å². The molecular formula is C28H28F2N4O2. The van der Waals surface area contributed by atoms with Crippen molar-refractivity contribution in [2.45, 2.75) is 51.2 Å². The van der Waals surface area contributed by atoms with Gasteiger partial charge in [-0.2, -0.15) is 5.10 Å². The van der Waals surface area contributed by atoms with Crippen molar-refractivity contribution in [1.29, 1.82) is 0 Å². The van der Waals surface area contributed by atoms with Crippen molar-refractivity contribution < 1.29 is 18.7 Å². The molecule has 0 unspecified atom stereocenters. The van der Waals surface area contributed by atoms with Crippen LogP contribution in [0.3, 0.4) is 0 Å². The van der Waals surface area contributed by atoms with E-state index in [0.29, 0.717) is 35.0 Å². The first-order chi connectivity index (χ1) is 17.3. The van der Waals surface area contributed by atoms with Crippen LogP contribution in [0.4, 0.5) is 8.78 Å². The Balaban J connectivity index is 1.51. The number of fused-ring (bicyclic) bond motifs is 1. The Morgan fingerprint density at radius 1 is 1.17 bits per heavy atom. The standard InChI is InChI=1S/C28H28F2N4O2/c1-16-18(12-17-9-10-21(26(30)25(17)29)19-14-32-34(2)15-19)13-22(27-20(16)6-5-11-31-27)28(36)33-23-7-3-4-8-24(23)35/h5-6,9-11,13-15,23-24,35H,3-4,7-8,12H2,1-2H3,(H,33,36)/t23-,24-/m0/s1. The zero-order chi connectivity index (χ0) is 25.4. The van der Waals surface area contributed by atoms with Crippen LogP contribution < -0.4 is 5.32 Å². The third-order valence-electron chi connectivity index (χ3n) is 7.12. The number of halogens is 2. The molecule has 0 saturated heterocycles. The minimum atomic E-state index is -0.926. The Morgan fingerprint density at radius 3 is 2.72 bits per heavy atom. The molecule has 1 saturated carbocycles. The zero-order valence-corrected chi connectivity index (χ0v) is 20.3. The quantitative estimate of drug-likeness (QED) is 0.419. The normalized spacial score (nSPS) is 17.9. The minimum absolute atomic E-state index is 0.110. The molecule has 0 spiro atoms. The SMILES string of the molecule is Cc1c(Cc2ccc(-c3cnn(C)c3)c(F)c2F)cc(C(=O)N[C@H]2CCCC[C@@H]2O)c2ncccc12. The highest BCUT2D eigenvalue weighted by Crippen LogP contribution is 2.30. The number of benzene rings is 2. The molecule has 4 aromatic rings. The van der Waals surface area contributed by atoms with Gasteiger partial charge in [0.1, 0.15) is 0 Å². The van der Waals surface area contributed by atoms with Gasteiger partial charge in [-0.3, -0.25) is 14.5 Å². The molecule has 2 N–H and O–H groups in total. The highest BCUT2D eigenvalue weighted by Gasteiger charge is 2.26. The fourth-order valence-electron chi connectivity index (χ4n) is 5.04. The number of hydrogen-bond acceptors (Lipinski definition) is 4. The summed E-state index contributed by atoms with van der Waals surface area (Å²) >= 11 is 0. The first-order valence-electron chi connectivity index (χ1n) is 12.2. The van der Waals surface area contributed by atoms with Crippen molar-refractivity contribution in [1.82, 2.24) is 20.1 Å². The Labute approximate surface area is 208 Å². The monoisotopic (exact) mass is 490 g/mol. The van der Waals surface area contributed by atoms with Crippen LogP contribution in [0.15, 0.2) is 48.9 Å². The van der Waals surface area contributed by atoms with Crippen LogP contribution in [-0.2, 0) is 13.5 Å². The third-order valence-corrected chi connectivity index (χ3v) is 7.12. The highest BCUT2D eigenvalue weighted by molar-refractivity contribution is 6.06. The van der Waals surface area contributed by atoms with Crippen molar-refractivity contribution >= 4 is 16.8 Å². The predicted molar refractivity (Wildman–Crippen MR) is 134 cm³/mol. The van der Waals surface area contributed by atoms with Gasteiger partial charge in [-0.1, -0.05) is 31.0 Å². The van der Waals surface area contributed by atoms with Crippen LogP contribution in [0.5, 0.6) is 0 Å². The van der Waals surface area contributed by atoms with E-state index < -0.39 is 17.7 Å². The largest absolute Gasteiger partial charge is 0.391 e. The van der Waals surface area contributed by atoms with Crippen LogP contribution in [0.25, 0.3) is 22.0 Å². The van der Waals surface area contributed by atoms with Gasteiger partial charge < -0.3 is 10.4 Å². The Hall–Kier alpha value is -3.65. The van der Waals surface area contributed by atoms with Crippen molar-refractivity contribution in [2.24, 2.45) is 7.05 Å². The zero-order valence-electron chi connectivity index (χ0n) is 20.3. The number of rotatable bonds is 5. The molecular weight excluding hydrogens is 462 g/mol. The fourth-order valence-corrected chi connectivity index (χ4v) is 5.04. The van der Waals surface area contributed by atoms with Gasteiger partial charge in [-0.05, 0) is 48.6 Å². The molecule has 2 atom stereocenters. The first kappa shape index (κ1) is 24.1. The number of amides is 1. The second kappa shape index (κ2) is 9.78. The number of nitrogens with zero attached hydrogens (tertiary/aromatic N) is 3. The van der Waals surface area contributed by atoms with Gasteiger partial charge in [0.05, 0.1) is 29.4 Å². The second-order valence-electron chi connectivity index (χ2n) is 9.52. The molecule has 8 heteroatoms. The van der Waals surface area contributed by atoms with E-state index in [-0.39, 0.29) is 29.5 Å². The van der Waals surface area contributed by atoms with Crippen LogP contribution in [0.2, 0.25) is 0 Å². The molecule has 1 aliphatic carbocycles. The van der Waals surface area contributed by atoms with E-state index in [0.717, 1.165) is 23.8 Å². The van der Waals surface area contributed by atoms with Crippen LogP contribution in [0, 0.1) is 18.6 Å². The molecule has 1 fully saturated rings. The number of aryl methyl sites for hydroxylation is 2. The van der Waals surface area contributed by atoms with Gasteiger partial charge in [-0.15, -0.1) is 0 Å². The summed E-state index contributed by atoms with van der Waals surface area (Å²) in [6.07, 6.45) is 7.53. The van der Waals surface area contributed by atoms with Crippen LogP contribution in [-0.4, -0.2) is 37.9 Å². The topological polar surface area (TPSA) is 80.0 Å². The molecule has 2 aromatic carbocycles. The number of aliphatic hydroxyl groups excluding tert-OH is 1. The molecule has 2 heterocycles. The molecule has 1 amide bonds. The Bertz CT molecular complexity index is 1450. The van der Waals surface area contributed by atoms with E-state index in [4.69, 9.17) is 0 Å². The number of pyridine rings is 1. The predicted octanol–water partition coefficient (Wildman–Crippen LogP) is 4.85. The highest BCUT2D eigenvalue weighted by atomic mass is 19.2. The van der Waals surface area contributed by atoms with Crippen LogP contribution >= 0.6 is 0 Å². The van der Waals surface area contributed by atoms with E-state index in [9.17, 15) is 9.90 Å². The second-order valence-corrected chi connectivity index (χ2v) is 9.52. The summed E-state index contributed by atoms with van der Waals surface area (Å²) in [6.45, 7) is 1.89. The summed E-state index contributed by atoms with van der Waals surface area (Å²) in [5, 5.41) is 18.1. The molecule has 0 aliphatic heterocycles. The van der Waals surface area contributed by atoms with Crippen LogP contribution in [0.1, 0.15) is 52.7 Å². The van der Waals surface area contributed by atoms with Gasteiger partial charge in [0.25, 0.3) is 5.91 Å². The van der Waals surface area contributed by atoms with Gasteiger partial charge in [0, 0.05) is 42.4 Å². The fraction of sp³-hybridized carbons (Fsp3) is 0.321. The number of aromatic nitrogens is 3. The molecule has 36 heavy (non-hydrogen) atoms. The lowest BCUT2D eigenvalue weighted by atomic mass is 9.91. The average Bonchev–Trinajstić information content (AvgIpc) is 3.31.